The van der Waals surface area contributed by atoms with Crippen LogP contribution in [0, 0.1) is 0 Å². The molecule has 0 aliphatic heterocycles. The minimum absolute atomic E-state index is 0. The monoisotopic (exact) mass is 333 g/mol. The molecule has 0 unspecified atom stereocenters. The van der Waals surface area contributed by atoms with Crippen molar-refractivity contribution in [2.24, 2.45) is 0 Å². The minimum Gasteiger partial charge on any atom is -0.348 e. The van der Waals surface area contributed by atoms with Gasteiger partial charge in [0, 0.05) is 6.54 Å². The lowest BCUT2D eigenvalue weighted by molar-refractivity contribution is -0.173. The number of hydrogen-bond acceptors (Lipinski definition) is 3. The fourth-order valence-electron chi connectivity index (χ4n) is 1.25. The van der Waals surface area contributed by atoms with E-state index in [9.17, 15) is 26.4 Å². The van der Waals surface area contributed by atoms with Gasteiger partial charge in [0.25, 0.3) is 10.1 Å². The summed E-state index contributed by atoms with van der Waals surface area (Å²) < 4.78 is 65.7. The van der Waals surface area contributed by atoms with E-state index in [0.717, 1.165) is 12.1 Å². The summed E-state index contributed by atoms with van der Waals surface area (Å²) in [4.78, 5) is 10.2. The first-order chi connectivity index (χ1) is 8.60. The number of rotatable bonds is 4. The summed E-state index contributed by atoms with van der Waals surface area (Å²) >= 11 is 0. The van der Waals surface area contributed by atoms with Crippen molar-refractivity contribution in [3.05, 3.63) is 29.8 Å². The summed E-state index contributed by atoms with van der Waals surface area (Å²) in [5, 5.41) is 1.68. The van der Waals surface area contributed by atoms with Crippen LogP contribution in [0.15, 0.2) is 29.2 Å². The van der Waals surface area contributed by atoms with Crippen molar-refractivity contribution in [3.63, 3.8) is 0 Å². The average Bonchev–Trinajstić information content (AvgIpc) is 2.27. The zero-order valence-corrected chi connectivity index (χ0v) is 11.5. The molecule has 1 aromatic rings. The van der Waals surface area contributed by atoms with Crippen LogP contribution < -0.4 is 5.32 Å². The molecule has 0 aliphatic rings. The van der Waals surface area contributed by atoms with Crippen LogP contribution in [0.4, 0.5) is 13.2 Å². The van der Waals surface area contributed by atoms with Gasteiger partial charge in [0.05, 0.1) is 4.90 Å². The lowest BCUT2D eigenvalue weighted by Gasteiger charge is -2.07. The van der Waals surface area contributed by atoms with Crippen LogP contribution in [-0.4, -0.2) is 31.6 Å². The van der Waals surface area contributed by atoms with Crippen molar-refractivity contribution < 1.29 is 30.9 Å². The van der Waals surface area contributed by atoms with Gasteiger partial charge in [-0.2, -0.15) is 21.6 Å². The average molecular weight is 334 g/mol. The van der Waals surface area contributed by atoms with Gasteiger partial charge in [-0.15, -0.1) is 12.4 Å². The highest BCUT2D eigenvalue weighted by molar-refractivity contribution is 7.85. The van der Waals surface area contributed by atoms with E-state index in [1.807, 2.05) is 0 Å². The van der Waals surface area contributed by atoms with Crippen LogP contribution in [0.5, 0.6) is 0 Å². The maximum atomic E-state index is 11.9. The van der Waals surface area contributed by atoms with Gasteiger partial charge >= 0.3 is 12.1 Å². The topological polar surface area (TPSA) is 83.5 Å². The summed E-state index contributed by atoms with van der Waals surface area (Å²) in [6, 6.07) is 4.91. The molecule has 0 aliphatic carbocycles. The molecule has 0 saturated heterocycles. The van der Waals surface area contributed by atoms with E-state index in [1.165, 1.54) is 12.1 Å². The highest BCUT2D eigenvalue weighted by atomic mass is 35.5. The van der Waals surface area contributed by atoms with Gasteiger partial charge in [0.2, 0.25) is 0 Å². The number of carbonyl (C=O) groups excluding carboxylic acids is 1. The number of hydrogen-bond donors (Lipinski definition) is 2. The lowest BCUT2D eigenvalue weighted by atomic mass is 10.1. The highest BCUT2D eigenvalue weighted by Gasteiger charge is 2.38. The van der Waals surface area contributed by atoms with Crippen LogP contribution in [0.3, 0.4) is 0 Å². The third-order valence-corrected chi connectivity index (χ3v) is 3.05. The molecule has 20 heavy (non-hydrogen) atoms. The Morgan fingerprint density at radius 2 is 1.70 bits per heavy atom. The normalized spacial score (nSPS) is 11.6. The second-order valence-corrected chi connectivity index (χ2v) is 5.04. The highest BCUT2D eigenvalue weighted by Crippen LogP contribution is 2.14. The second-order valence-electron chi connectivity index (χ2n) is 3.62. The Kier molecular flexibility index (Phi) is 6.45. The summed E-state index contributed by atoms with van der Waals surface area (Å²) in [5.41, 5.74) is 0.523. The third kappa shape index (κ3) is 5.76. The number of halogens is 4. The Morgan fingerprint density at radius 3 is 2.10 bits per heavy atom. The van der Waals surface area contributed by atoms with Crippen molar-refractivity contribution in [2.45, 2.75) is 17.5 Å². The Balaban J connectivity index is 0.00000361. The molecular formula is C10H11ClF3NO4S. The van der Waals surface area contributed by atoms with E-state index in [2.05, 4.69) is 0 Å². The molecule has 1 amide bonds. The molecule has 2 N–H and O–H groups in total. The Bertz CT molecular complexity index is 557. The molecule has 0 radical (unpaired) electrons. The fraction of sp³-hybridized carbons (Fsp3) is 0.300. The number of carbonyl (C=O) groups is 1. The first-order valence-electron chi connectivity index (χ1n) is 5.02. The van der Waals surface area contributed by atoms with Gasteiger partial charge in [-0.3, -0.25) is 9.35 Å². The third-order valence-electron chi connectivity index (χ3n) is 2.18. The minimum atomic E-state index is -4.92. The molecule has 5 nitrogen and oxygen atoms in total. The van der Waals surface area contributed by atoms with Crippen molar-refractivity contribution in [3.8, 4) is 0 Å². The number of amides is 1. The van der Waals surface area contributed by atoms with Gasteiger partial charge in [-0.1, -0.05) is 12.1 Å². The van der Waals surface area contributed by atoms with Gasteiger partial charge in [0.1, 0.15) is 0 Å². The van der Waals surface area contributed by atoms with E-state index in [-0.39, 0.29) is 30.3 Å². The zero-order valence-electron chi connectivity index (χ0n) is 9.85. The standard InChI is InChI=1S/C10H10F3NO4S.ClH/c11-10(12,13)9(15)14-6-5-7-1-3-8(4-2-7)19(16,17)18;/h1-4H,5-6H2,(H,14,15)(H,16,17,18);1H. The fourth-order valence-corrected chi connectivity index (χ4v) is 1.73. The van der Waals surface area contributed by atoms with Gasteiger partial charge < -0.3 is 5.32 Å². The zero-order chi connectivity index (χ0) is 14.7. The Morgan fingerprint density at radius 1 is 1.20 bits per heavy atom. The van der Waals surface area contributed by atoms with Crippen LogP contribution in [0.2, 0.25) is 0 Å². The van der Waals surface area contributed by atoms with Crippen LogP contribution >= 0.6 is 12.4 Å². The molecule has 0 atom stereocenters. The largest absolute Gasteiger partial charge is 0.471 e. The quantitative estimate of drug-likeness (QED) is 0.819. The van der Waals surface area contributed by atoms with Crippen molar-refractivity contribution in [1.82, 2.24) is 5.32 Å². The molecule has 114 valence electrons. The smallest absolute Gasteiger partial charge is 0.348 e. The molecule has 0 heterocycles. The summed E-state index contributed by atoms with van der Waals surface area (Å²) in [7, 11) is -4.29. The molecule has 0 saturated carbocycles. The molecule has 0 aromatic heterocycles. The molecule has 0 bridgehead atoms. The van der Waals surface area contributed by atoms with Crippen LogP contribution in [0.25, 0.3) is 0 Å². The number of alkyl halides is 3. The van der Waals surface area contributed by atoms with Crippen molar-refractivity contribution in [2.75, 3.05) is 6.54 Å². The van der Waals surface area contributed by atoms with E-state index in [4.69, 9.17) is 4.55 Å². The van der Waals surface area contributed by atoms with E-state index in [1.54, 1.807) is 5.32 Å². The maximum Gasteiger partial charge on any atom is 0.471 e. The second kappa shape index (κ2) is 6.91. The molecule has 10 heteroatoms. The van der Waals surface area contributed by atoms with Crippen molar-refractivity contribution >= 4 is 28.4 Å². The molecule has 0 spiro atoms. The van der Waals surface area contributed by atoms with E-state index >= 15 is 0 Å². The van der Waals surface area contributed by atoms with Crippen LogP contribution in [0.1, 0.15) is 5.56 Å². The maximum absolute atomic E-state index is 11.9. The molecule has 1 rings (SSSR count). The first kappa shape index (κ1) is 18.7. The SMILES string of the molecule is Cl.O=C(NCCc1ccc(S(=O)(=O)O)cc1)C(F)(F)F. The summed E-state index contributed by atoms with van der Waals surface area (Å²) in [6.07, 6.45) is -4.82. The Labute approximate surface area is 119 Å². The van der Waals surface area contributed by atoms with Gasteiger partial charge in [-0.05, 0) is 24.1 Å². The lowest BCUT2D eigenvalue weighted by Crippen LogP contribution is -2.37. The van der Waals surface area contributed by atoms with E-state index < -0.39 is 22.2 Å². The number of benzene rings is 1. The first-order valence-corrected chi connectivity index (χ1v) is 6.46. The molecule has 1 aromatic carbocycles. The molecular weight excluding hydrogens is 323 g/mol. The van der Waals surface area contributed by atoms with Gasteiger partial charge in [-0.25, -0.2) is 0 Å². The predicted molar refractivity (Wildman–Crippen MR) is 66.3 cm³/mol. The number of nitrogens with one attached hydrogen (secondary N) is 1. The predicted octanol–water partition coefficient (Wildman–Crippen LogP) is 1.58. The Hall–Kier alpha value is -1.32. The van der Waals surface area contributed by atoms with Crippen molar-refractivity contribution in [1.29, 1.82) is 0 Å². The summed E-state index contributed by atoms with van der Waals surface area (Å²) in [6.45, 7) is -0.233. The van der Waals surface area contributed by atoms with Gasteiger partial charge in [0.15, 0.2) is 0 Å². The molecule has 0 fully saturated rings. The van der Waals surface area contributed by atoms with E-state index in [0.29, 0.717) is 5.56 Å². The summed E-state index contributed by atoms with van der Waals surface area (Å²) in [5.74, 6) is -2.03. The van der Waals surface area contributed by atoms with Crippen LogP contribution in [-0.2, 0) is 21.3 Å².